The third-order valence-electron chi connectivity index (χ3n) is 2.98. The van der Waals surface area contributed by atoms with Crippen molar-refractivity contribution in [3.8, 4) is 6.19 Å². The van der Waals surface area contributed by atoms with Crippen LogP contribution in [0.25, 0.3) is 0 Å². The van der Waals surface area contributed by atoms with Crippen LogP contribution in [0.15, 0.2) is 29.3 Å². The minimum atomic E-state index is -0.352. The average molecular weight is 305 g/mol. The van der Waals surface area contributed by atoms with Crippen LogP contribution < -0.4 is 5.32 Å². The van der Waals surface area contributed by atoms with Crippen LogP contribution in [0.2, 0.25) is 0 Å². The molecule has 1 heterocycles. The zero-order valence-corrected chi connectivity index (χ0v) is 13.2. The van der Waals surface area contributed by atoms with Gasteiger partial charge in [0.15, 0.2) is 17.7 Å². The number of nitrogens with zero attached hydrogens (tertiary/aromatic N) is 2. The predicted octanol–water partition coefficient (Wildman–Crippen LogP) is 3.18. The van der Waals surface area contributed by atoms with Gasteiger partial charge in [-0.15, -0.1) is 0 Å². The molecule has 1 saturated heterocycles. The van der Waals surface area contributed by atoms with Crippen molar-refractivity contribution in [2.24, 2.45) is 10.4 Å². The van der Waals surface area contributed by atoms with Crippen molar-refractivity contribution in [3.05, 3.63) is 29.8 Å². The summed E-state index contributed by atoms with van der Waals surface area (Å²) >= 11 is 1.38. The Morgan fingerprint density at radius 3 is 2.76 bits per heavy atom. The minimum Gasteiger partial charge on any atom is -0.348 e. The zero-order chi connectivity index (χ0) is 15.3. The third-order valence-corrected chi connectivity index (χ3v) is 3.56. The highest BCUT2D eigenvalue weighted by molar-refractivity contribution is 8.13. The van der Waals surface area contributed by atoms with E-state index in [9.17, 15) is 0 Å². The van der Waals surface area contributed by atoms with Crippen molar-refractivity contribution in [2.45, 2.75) is 20.1 Å². The first-order valence-corrected chi connectivity index (χ1v) is 7.87. The molecule has 0 saturated carbocycles. The Morgan fingerprint density at radius 2 is 2.14 bits per heavy atom. The summed E-state index contributed by atoms with van der Waals surface area (Å²) in [6.07, 6.45) is 3.39. The highest BCUT2D eigenvalue weighted by Gasteiger charge is 2.29. The first-order valence-electron chi connectivity index (χ1n) is 6.65. The van der Waals surface area contributed by atoms with Crippen molar-refractivity contribution < 1.29 is 9.47 Å². The maximum atomic E-state index is 8.66. The Balaban J connectivity index is 2.13. The standard InChI is InChI=1S/C15H19N3O2S/c1-15(2)8-19-13(20-9-15)11-5-4-6-12(7-11)18-14(21-3)17-10-16/h4-7,13H,8-9H2,1-3H3,(H,17,18). The zero-order valence-electron chi connectivity index (χ0n) is 12.4. The Morgan fingerprint density at radius 1 is 1.43 bits per heavy atom. The number of thioether (sulfide) groups is 1. The molecule has 1 aromatic carbocycles. The van der Waals surface area contributed by atoms with E-state index in [-0.39, 0.29) is 11.7 Å². The lowest BCUT2D eigenvalue weighted by atomic mass is 9.95. The monoisotopic (exact) mass is 305 g/mol. The van der Waals surface area contributed by atoms with E-state index in [1.54, 1.807) is 0 Å². The summed E-state index contributed by atoms with van der Waals surface area (Å²) < 4.78 is 11.5. The Labute approximate surface area is 129 Å². The summed E-state index contributed by atoms with van der Waals surface area (Å²) in [4.78, 5) is 4.39. The summed E-state index contributed by atoms with van der Waals surface area (Å²) in [5.41, 5.74) is 1.75. The molecule has 0 atom stereocenters. The quantitative estimate of drug-likeness (QED) is 0.393. The lowest BCUT2D eigenvalue weighted by Gasteiger charge is -2.34. The molecule has 0 aliphatic carbocycles. The van der Waals surface area contributed by atoms with Gasteiger partial charge in [-0.05, 0) is 18.4 Å². The van der Waals surface area contributed by atoms with Crippen molar-refractivity contribution in [3.63, 3.8) is 0 Å². The van der Waals surface area contributed by atoms with E-state index in [0.29, 0.717) is 18.4 Å². The van der Waals surface area contributed by atoms with Gasteiger partial charge in [-0.25, -0.2) is 4.99 Å². The van der Waals surface area contributed by atoms with E-state index in [0.717, 1.165) is 11.3 Å². The summed E-state index contributed by atoms with van der Waals surface area (Å²) in [5.74, 6) is 0. The van der Waals surface area contributed by atoms with Crippen LogP contribution in [0.3, 0.4) is 0 Å². The summed E-state index contributed by atoms with van der Waals surface area (Å²) in [5, 5.41) is 11.8. The molecule has 6 heteroatoms. The van der Waals surface area contributed by atoms with Gasteiger partial charge in [0.2, 0.25) is 0 Å². The summed E-state index contributed by atoms with van der Waals surface area (Å²) in [6, 6.07) is 7.66. The molecule has 1 aliphatic rings. The SMILES string of the molecule is CSC(=Nc1cccc(C2OCC(C)(C)CO2)c1)NC#N. The molecule has 1 fully saturated rings. The number of nitrogens with one attached hydrogen (secondary N) is 1. The van der Waals surface area contributed by atoms with Crippen molar-refractivity contribution in [1.82, 2.24) is 5.32 Å². The topological polar surface area (TPSA) is 66.6 Å². The molecule has 0 amide bonds. The van der Waals surface area contributed by atoms with Gasteiger partial charge >= 0.3 is 0 Å². The fourth-order valence-electron chi connectivity index (χ4n) is 1.92. The molecule has 1 N–H and O–H groups in total. The van der Waals surface area contributed by atoms with Crippen LogP contribution in [0.1, 0.15) is 25.7 Å². The molecule has 0 bridgehead atoms. The molecule has 0 aromatic heterocycles. The molecule has 0 unspecified atom stereocenters. The lowest BCUT2D eigenvalue weighted by Crippen LogP contribution is -2.33. The van der Waals surface area contributed by atoms with Crippen LogP contribution in [-0.4, -0.2) is 24.6 Å². The predicted molar refractivity (Wildman–Crippen MR) is 84.2 cm³/mol. The van der Waals surface area contributed by atoms with E-state index in [4.69, 9.17) is 14.7 Å². The van der Waals surface area contributed by atoms with Gasteiger partial charge in [0.25, 0.3) is 0 Å². The Kier molecular flexibility index (Phi) is 5.23. The van der Waals surface area contributed by atoms with Gasteiger partial charge in [0.05, 0.1) is 18.9 Å². The molecule has 5 nitrogen and oxygen atoms in total. The number of hydrogen-bond donors (Lipinski definition) is 1. The van der Waals surface area contributed by atoms with E-state index >= 15 is 0 Å². The number of benzene rings is 1. The van der Waals surface area contributed by atoms with Crippen LogP contribution in [-0.2, 0) is 9.47 Å². The first kappa shape index (κ1) is 15.8. The molecular formula is C15H19N3O2S. The van der Waals surface area contributed by atoms with Crippen LogP contribution in [0.5, 0.6) is 0 Å². The fraction of sp³-hybridized carbons (Fsp3) is 0.467. The number of ether oxygens (including phenoxy) is 2. The molecule has 112 valence electrons. The normalized spacial score (nSPS) is 19.0. The second-order valence-electron chi connectivity index (χ2n) is 5.57. The highest BCUT2D eigenvalue weighted by Crippen LogP contribution is 2.32. The lowest BCUT2D eigenvalue weighted by molar-refractivity contribution is -0.226. The first-order chi connectivity index (χ1) is 10.0. The maximum absolute atomic E-state index is 8.66. The minimum absolute atomic E-state index is 0.0506. The molecule has 0 radical (unpaired) electrons. The van der Waals surface area contributed by atoms with Gasteiger partial charge in [-0.2, -0.15) is 5.26 Å². The second-order valence-corrected chi connectivity index (χ2v) is 6.37. The third kappa shape index (κ3) is 4.46. The number of rotatable bonds is 2. The van der Waals surface area contributed by atoms with Crippen LogP contribution in [0, 0.1) is 16.9 Å². The molecule has 0 spiro atoms. The highest BCUT2D eigenvalue weighted by atomic mass is 32.2. The molecule has 1 aromatic rings. The van der Waals surface area contributed by atoms with E-state index in [1.165, 1.54) is 11.8 Å². The smallest absolute Gasteiger partial charge is 0.183 e. The molecule has 2 rings (SSSR count). The van der Waals surface area contributed by atoms with Gasteiger partial charge in [-0.1, -0.05) is 37.7 Å². The summed E-state index contributed by atoms with van der Waals surface area (Å²) in [6.45, 7) is 5.55. The van der Waals surface area contributed by atoms with Crippen molar-refractivity contribution >= 4 is 22.6 Å². The van der Waals surface area contributed by atoms with Crippen LogP contribution in [0.4, 0.5) is 5.69 Å². The number of hydrogen-bond acceptors (Lipinski definition) is 5. The molecule has 21 heavy (non-hydrogen) atoms. The summed E-state index contributed by atoms with van der Waals surface area (Å²) in [7, 11) is 0. The van der Waals surface area contributed by atoms with Gasteiger partial charge in [0, 0.05) is 11.0 Å². The van der Waals surface area contributed by atoms with Gasteiger partial charge < -0.3 is 9.47 Å². The molecular weight excluding hydrogens is 286 g/mol. The van der Waals surface area contributed by atoms with E-state index in [2.05, 4.69) is 24.2 Å². The van der Waals surface area contributed by atoms with E-state index < -0.39 is 0 Å². The van der Waals surface area contributed by atoms with Crippen LogP contribution >= 0.6 is 11.8 Å². The second kappa shape index (κ2) is 6.94. The number of nitriles is 1. The van der Waals surface area contributed by atoms with Gasteiger partial charge in [0.1, 0.15) is 0 Å². The van der Waals surface area contributed by atoms with Crippen molar-refractivity contribution in [2.75, 3.05) is 19.5 Å². The molecule has 1 aliphatic heterocycles. The van der Waals surface area contributed by atoms with Gasteiger partial charge in [-0.3, -0.25) is 5.32 Å². The largest absolute Gasteiger partial charge is 0.348 e. The Hall–Kier alpha value is -1.55. The average Bonchev–Trinajstić information content (AvgIpc) is 2.47. The van der Waals surface area contributed by atoms with Crippen molar-refractivity contribution in [1.29, 1.82) is 5.26 Å². The number of aliphatic imine (C=N–C) groups is 1. The maximum Gasteiger partial charge on any atom is 0.183 e. The van der Waals surface area contributed by atoms with E-state index in [1.807, 2.05) is 36.7 Å². The number of amidine groups is 1. The Bertz CT molecular complexity index is 556. The fourth-order valence-corrected chi connectivity index (χ4v) is 2.26.